The highest BCUT2D eigenvalue weighted by Gasteiger charge is 2.18. The van der Waals surface area contributed by atoms with E-state index < -0.39 is 11.8 Å². The van der Waals surface area contributed by atoms with Gasteiger partial charge in [-0.2, -0.15) is 5.10 Å². The van der Waals surface area contributed by atoms with Crippen molar-refractivity contribution in [3.05, 3.63) is 46.5 Å². The maximum Gasteiger partial charge on any atom is 0.310 e. The Labute approximate surface area is 176 Å². The molecule has 0 fully saturated rings. The lowest BCUT2D eigenvalue weighted by Gasteiger charge is -2.17. The van der Waals surface area contributed by atoms with Gasteiger partial charge in [0, 0.05) is 31.4 Å². The number of ether oxygens (including phenoxy) is 2. The molecular formula is C22H30FN3O4. The number of hydrogen-bond acceptors (Lipinski definition) is 5. The summed E-state index contributed by atoms with van der Waals surface area (Å²) in [5.41, 5.74) is 3.16. The Kier molecular flexibility index (Phi) is 7.97. The molecule has 0 aliphatic carbocycles. The Balaban J connectivity index is 1.89. The quantitative estimate of drug-likeness (QED) is 0.584. The topological polar surface area (TPSA) is 73.7 Å². The molecule has 8 heteroatoms. The summed E-state index contributed by atoms with van der Waals surface area (Å²) in [5.74, 6) is -0.767. The predicted molar refractivity (Wildman–Crippen MR) is 111 cm³/mol. The summed E-state index contributed by atoms with van der Waals surface area (Å²) in [6, 6.07) is 4.50. The van der Waals surface area contributed by atoms with E-state index in [-0.39, 0.29) is 31.2 Å². The van der Waals surface area contributed by atoms with Gasteiger partial charge in [-0.05, 0) is 37.5 Å². The third-order valence-corrected chi connectivity index (χ3v) is 4.81. The van der Waals surface area contributed by atoms with Crippen molar-refractivity contribution < 1.29 is 23.5 Å². The van der Waals surface area contributed by atoms with Crippen LogP contribution in [0.25, 0.3) is 0 Å². The number of nitrogens with zero attached hydrogens (tertiary/aromatic N) is 3. The molecule has 2 aromatic rings. The molecule has 1 heterocycles. The van der Waals surface area contributed by atoms with Crippen LogP contribution in [0.4, 0.5) is 4.39 Å². The first-order valence-electron chi connectivity index (χ1n) is 9.87. The highest BCUT2D eigenvalue weighted by atomic mass is 19.1. The molecule has 0 unspecified atom stereocenters. The fraction of sp³-hybridized carbons (Fsp3) is 0.500. The molecule has 1 aromatic carbocycles. The fourth-order valence-electron chi connectivity index (χ4n) is 3.13. The van der Waals surface area contributed by atoms with E-state index in [4.69, 9.17) is 9.47 Å². The summed E-state index contributed by atoms with van der Waals surface area (Å²) < 4.78 is 25.7. The van der Waals surface area contributed by atoms with Crippen molar-refractivity contribution in [2.45, 2.75) is 47.2 Å². The summed E-state index contributed by atoms with van der Waals surface area (Å²) in [6.07, 6.45) is 0.0659. The van der Waals surface area contributed by atoms with Crippen LogP contribution < -0.4 is 4.74 Å². The number of benzene rings is 1. The molecule has 0 spiro atoms. The Morgan fingerprint density at radius 3 is 2.57 bits per heavy atom. The minimum atomic E-state index is -0.494. The first-order valence-corrected chi connectivity index (χ1v) is 9.87. The zero-order valence-corrected chi connectivity index (χ0v) is 18.5. The van der Waals surface area contributed by atoms with Gasteiger partial charge >= 0.3 is 5.97 Å². The largest absolute Gasteiger partial charge is 0.494 e. The second-order valence-corrected chi connectivity index (χ2v) is 7.78. The molecule has 0 N–H and O–H groups in total. The highest BCUT2D eigenvalue weighted by Crippen LogP contribution is 2.19. The van der Waals surface area contributed by atoms with Gasteiger partial charge in [0.15, 0.2) is 18.2 Å². The average molecular weight is 419 g/mol. The van der Waals surface area contributed by atoms with Crippen LogP contribution in [0.1, 0.15) is 36.4 Å². The van der Waals surface area contributed by atoms with Crippen LogP contribution in [0.2, 0.25) is 0 Å². The summed E-state index contributed by atoms with van der Waals surface area (Å²) in [7, 11) is 2.96. The maximum atomic E-state index is 13.8. The van der Waals surface area contributed by atoms with Gasteiger partial charge in [-0.3, -0.25) is 14.3 Å². The van der Waals surface area contributed by atoms with Gasteiger partial charge in [0.25, 0.3) is 5.91 Å². The van der Waals surface area contributed by atoms with Crippen molar-refractivity contribution in [1.82, 2.24) is 14.7 Å². The number of esters is 1. The van der Waals surface area contributed by atoms with Crippen LogP contribution in [0.3, 0.4) is 0 Å². The number of methoxy groups -OCH3 is 1. The molecule has 0 radical (unpaired) electrons. The third-order valence-electron chi connectivity index (χ3n) is 4.81. The van der Waals surface area contributed by atoms with Gasteiger partial charge in [0.2, 0.25) is 0 Å². The van der Waals surface area contributed by atoms with Crippen molar-refractivity contribution in [2.75, 3.05) is 20.8 Å². The number of aryl methyl sites for hydroxylation is 1. The first-order chi connectivity index (χ1) is 14.1. The molecule has 0 aliphatic heterocycles. The molecule has 164 valence electrons. The van der Waals surface area contributed by atoms with Crippen LogP contribution in [-0.4, -0.2) is 47.3 Å². The average Bonchev–Trinajstić information content (AvgIpc) is 2.93. The van der Waals surface area contributed by atoms with Crippen LogP contribution in [-0.2, 0) is 33.8 Å². The van der Waals surface area contributed by atoms with Crippen molar-refractivity contribution >= 4 is 11.9 Å². The SMILES string of the molecule is COc1ccc(CN(C)C(=O)COC(=O)Cc2c(C)nn(CC(C)C)c2C)cc1F. The van der Waals surface area contributed by atoms with E-state index in [1.54, 1.807) is 13.1 Å². The normalized spacial score (nSPS) is 10.9. The lowest BCUT2D eigenvalue weighted by molar-refractivity contribution is -0.151. The molecule has 0 saturated heterocycles. The van der Waals surface area contributed by atoms with E-state index >= 15 is 0 Å². The molecule has 0 aliphatic rings. The second kappa shape index (κ2) is 10.2. The number of carbonyl (C=O) groups is 2. The van der Waals surface area contributed by atoms with Crippen molar-refractivity contribution in [3.8, 4) is 5.75 Å². The summed E-state index contributed by atoms with van der Waals surface area (Å²) in [5, 5.41) is 4.49. The number of rotatable bonds is 9. The van der Waals surface area contributed by atoms with Crippen LogP contribution in [0, 0.1) is 25.6 Å². The number of likely N-dealkylation sites (N-methyl/N-ethyl adjacent to an activating group) is 1. The maximum absolute atomic E-state index is 13.8. The van der Waals surface area contributed by atoms with Crippen LogP contribution >= 0.6 is 0 Å². The molecule has 2 rings (SSSR count). The molecule has 0 saturated carbocycles. The Hall–Kier alpha value is -2.90. The lowest BCUT2D eigenvalue weighted by atomic mass is 10.1. The number of amides is 1. The first kappa shape index (κ1) is 23.4. The Morgan fingerprint density at radius 2 is 1.97 bits per heavy atom. The molecule has 1 aromatic heterocycles. The minimum absolute atomic E-state index is 0.0659. The van der Waals surface area contributed by atoms with E-state index in [0.29, 0.717) is 11.5 Å². The fourth-order valence-corrected chi connectivity index (χ4v) is 3.13. The number of hydrogen-bond donors (Lipinski definition) is 0. The van der Waals surface area contributed by atoms with E-state index in [1.807, 2.05) is 18.5 Å². The molecule has 0 atom stereocenters. The monoisotopic (exact) mass is 419 g/mol. The van der Waals surface area contributed by atoms with E-state index in [2.05, 4.69) is 18.9 Å². The third kappa shape index (κ3) is 6.05. The van der Waals surface area contributed by atoms with E-state index in [9.17, 15) is 14.0 Å². The number of carbonyl (C=O) groups excluding carboxylic acids is 2. The van der Waals surface area contributed by atoms with Crippen LogP contribution in [0.5, 0.6) is 5.75 Å². The molecule has 30 heavy (non-hydrogen) atoms. The second-order valence-electron chi connectivity index (χ2n) is 7.78. The summed E-state index contributed by atoms with van der Waals surface area (Å²) >= 11 is 0. The summed E-state index contributed by atoms with van der Waals surface area (Å²) in [4.78, 5) is 25.9. The smallest absolute Gasteiger partial charge is 0.310 e. The van der Waals surface area contributed by atoms with Gasteiger partial charge < -0.3 is 14.4 Å². The van der Waals surface area contributed by atoms with Crippen LogP contribution in [0.15, 0.2) is 18.2 Å². The Morgan fingerprint density at radius 1 is 1.27 bits per heavy atom. The molecule has 1 amide bonds. The predicted octanol–water partition coefficient (Wildman–Crippen LogP) is 3.05. The molecule has 0 bridgehead atoms. The van der Waals surface area contributed by atoms with Crippen molar-refractivity contribution in [2.24, 2.45) is 5.92 Å². The lowest BCUT2D eigenvalue weighted by Crippen LogP contribution is -2.31. The van der Waals surface area contributed by atoms with Gasteiger partial charge in [-0.15, -0.1) is 0 Å². The molecular weight excluding hydrogens is 389 g/mol. The summed E-state index contributed by atoms with van der Waals surface area (Å²) in [6.45, 7) is 8.59. The standard InChI is InChI=1S/C22H30FN3O4/c1-14(2)11-26-16(4)18(15(3)24-26)10-22(28)30-13-21(27)25(5)12-17-7-8-20(29-6)19(23)9-17/h7-9,14H,10-13H2,1-6H3. The number of aromatic nitrogens is 2. The van der Waals surface area contributed by atoms with E-state index in [1.165, 1.54) is 24.1 Å². The van der Waals surface area contributed by atoms with Gasteiger partial charge in [0.1, 0.15) is 0 Å². The highest BCUT2D eigenvalue weighted by molar-refractivity contribution is 5.81. The number of halogens is 1. The molecule has 7 nitrogen and oxygen atoms in total. The zero-order valence-electron chi connectivity index (χ0n) is 18.5. The Bertz CT molecular complexity index is 908. The zero-order chi connectivity index (χ0) is 22.4. The van der Waals surface area contributed by atoms with Gasteiger partial charge in [-0.25, -0.2) is 4.39 Å². The van der Waals surface area contributed by atoms with Gasteiger partial charge in [0.05, 0.1) is 19.2 Å². The van der Waals surface area contributed by atoms with Crippen molar-refractivity contribution in [1.29, 1.82) is 0 Å². The van der Waals surface area contributed by atoms with Gasteiger partial charge in [-0.1, -0.05) is 19.9 Å². The van der Waals surface area contributed by atoms with E-state index in [0.717, 1.165) is 23.5 Å². The minimum Gasteiger partial charge on any atom is -0.494 e. The van der Waals surface area contributed by atoms with Crippen molar-refractivity contribution in [3.63, 3.8) is 0 Å².